The molecule has 0 spiro atoms. The van der Waals surface area contributed by atoms with E-state index < -0.39 is 0 Å². The second-order valence-corrected chi connectivity index (χ2v) is 3.23. The van der Waals surface area contributed by atoms with Gasteiger partial charge >= 0.3 is 0 Å². The number of aromatic hydroxyl groups is 1. The Kier molecular flexibility index (Phi) is 1.96. The van der Waals surface area contributed by atoms with E-state index in [0.717, 1.165) is 17.0 Å². The normalized spacial score (nSPS) is 10.4. The molecule has 0 aliphatic carbocycles. The smallest absolute Gasteiger partial charge is 0.142 e. The van der Waals surface area contributed by atoms with Crippen LogP contribution in [0.25, 0.3) is 11.3 Å². The van der Waals surface area contributed by atoms with Crippen LogP contribution in [0.2, 0.25) is 0 Å². The molecule has 0 saturated heterocycles. The first-order valence-corrected chi connectivity index (χ1v) is 4.35. The first-order valence-electron chi connectivity index (χ1n) is 4.35. The van der Waals surface area contributed by atoms with Crippen molar-refractivity contribution >= 4 is 0 Å². The predicted molar refractivity (Wildman–Crippen MR) is 53.0 cm³/mol. The molecule has 0 aliphatic heterocycles. The summed E-state index contributed by atoms with van der Waals surface area (Å²) < 4.78 is 0. The highest BCUT2D eigenvalue weighted by molar-refractivity contribution is 5.67. The van der Waals surface area contributed by atoms with Gasteiger partial charge in [0.15, 0.2) is 0 Å². The minimum Gasteiger partial charge on any atom is -0.506 e. The Balaban J connectivity index is 2.62. The van der Waals surface area contributed by atoms with E-state index in [4.69, 9.17) is 0 Å². The summed E-state index contributed by atoms with van der Waals surface area (Å²) in [5, 5.41) is 16.3. The molecule has 4 heteroatoms. The lowest BCUT2D eigenvalue weighted by Crippen LogP contribution is -1.88. The number of H-pyrrole nitrogens is 1. The molecule has 2 rings (SSSR count). The van der Waals surface area contributed by atoms with E-state index in [9.17, 15) is 5.11 Å². The van der Waals surface area contributed by atoms with Gasteiger partial charge in [-0.25, -0.2) is 4.98 Å². The van der Waals surface area contributed by atoms with Crippen LogP contribution < -0.4 is 0 Å². The lowest BCUT2D eigenvalue weighted by molar-refractivity contribution is 0.474. The number of nitrogens with one attached hydrogen (secondary N) is 1. The van der Waals surface area contributed by atoms with E-state index >= 15 is 0 Å². The minimum atomic E-state index is 0.181. The lowest BCUT2D eigenvalue weighted by atomic mass is 10.1. The first kappa shape index (κ1) is 8.74. The van der Waals surface area contributed by atoms with Crippen LogP contribution in [-0.2, 0) is 0 Å². The van der Waals surface area contributed by atoms with E-state index in [-0.39, 0.29) is 5.75 Å². The number of hydrogen-bond donors (Lipinski definition) is 2. The van der Waals surface area contributed by atoms with Gasteiger partial charge in [-0.2, -0.15) is 5.10 Å². The summed E-state index contributed by atoms with van der Waals surface area (Å²) in [7, 11) is 0. The fourth-order valence-electron chi connectivity index (χ4n) is 1.34. The number of rotatable bonds is 1. The SMILES string of the molecule is Cc1ccc(O)c(-c2cn[nH]c2C)n1. The van der Waals surface area contributed by atoms with Crippen molar-refractivity contribution in [3.63, 3.8) is 0 Å². The summed E-state index contributed by atoms with van der Waals surface area (Å²) in [6.07, 6.45) is 1.66. The Morgan fingerprint density at radius 1 is 1.29 bits per heavy atom. The monoisotopic (exact) mass is 189 g/mol. The average molecular weight is 189 g/mol. The molecule has 2 heterocycles. The van der Waals surface area contributed by atoms with Gasteiger partial charge in [0.1, 0.15) is 11.4 Å². The van der Waals surface area contributed by atoms with Crippen molar-refractivity contribution in [2.75, 3.05) is 0 Å². The molecule has 0 radical (unpaired) electrons. The fraction of sp³-hybridized carbons (Fsp3) is 0.200. The Bertz CT molecular complexity index is 462. The van der Waals surface area contributed by atoms with Crippen LogP contribution in [0, 0.1) is 13.8 Å². The van der Waals surface area contributed by atoms with Crippen molar-refractivity contribution in [1.82, 2.24) is 15.2 Å². The van der Waals surface area contributed by atoms with Crippen LogP contribution in [-0.4, -0.2) is 20.3 Å². The van der Waals surface area contributed by atoms with Gasteiger partial charge in [-0.1, -0.05) is 0 Å². The summed E-state index contributed by atoms with van der Waals surface area (Å²) >= 11 is 0. The highest BCUT2D eigenvalue weighted by Crippen LogP contribution is 2.28. The number of pyridine rings is 1. The summed E-state index contributed by atoms with van der Waals surface area (Å²) in [6.45, 7) is 3.78. The van der Waals surface area contributed by atoms with Gasteiger partial charge in [0.05, 0.1) is 6.20 Å². The number of hydrogen-bond acceptors (Lipinski definition) is 3. The number of aromatic amines is 1. The molecule has 2 N–H and O–H groups in total. The standard InChI is InChI=1S/C10H11N3O/c1-6-3-4-9(14)10(12-6)8-5-11-13-7(8)2/h3-5,14H,1-2H3,(H,11,13). The number of nitrogens with zero attached hydrogens (tertiary/aromatic N) is 2. The zero-order valence-electron chi connectivity index (χ0n) is 8.07. The van der Waals surface area contributed by atoms with E-state index in [1.165, 1.54) is 0 Å². The van der Waals surface area contributed by atoms with Crippen LogP contribution in [0.5, 0.6) is 5.75 Å². The fourth-order valence-corrected chi connectivity index (χ4v) is 1.34. The van der Waals surface area contributed by atoms with Crippen LogP contribution in [0.4, 0.5) is 0 Å². The molecule has 2 aromatic heterocycles. The van der Waals surface area contributed by atoms with Crippen molar-refractivity contribution in [3.05, 3.63) is 29.7 Å². The highest BCUT2D eigenvalue weighted by atomic mass is 16.3. The molecule has 0 aromatic carbocycles. The second kappa shape index (κ2) is 3.14. The maximum absolute atomic E-state index is 9.63. The Morgan fingerprint density at radius 2 is 2.07 bits per heavy atom. The average Bonchev–Trinajstić information content (AvgIpc) is 2.56. The van der Waals surface area contributed by atoms with Crippen molar-refractivity contribution in [2.24, 2.45) is 0 Å². The summed E-state index contributed by atoms with van der Waals surface area (Å²) in [6, 6.07) is 3.42. The van der Waals surface area contributed by atoms with Crippen molar-refractivity contribution < 1.29 is 5.11 Å². The molecular formula is C10H11N3O. The van der Waals surface area contributed by atoms with Gasteiger partial charge in [0.2, 0.25) is 0 Å². The molecule has 0 atom stereocenters. The minimum absolute atomic E-state index is 0.181. The zero-order chi connectivity index (χ0) is 10.1. The van der Waals surface area contributed by atoms with Crippen LogP contribution in [0.15, 0.2) is 18.3 Å². The molecule has 0 aliphatic rings. The predicted octanol–water partition coefficient (Wildman–Crippen LogP) is 1.79. The second-order valence-electron chi connectivity index (χ2n) is 3.23. The van der Waals surface area contributed by atoms with Crippen molar-refractivity contribution in [1.29, 1.82) is 0 Å². The molecule has 14 heavy (non-hydrogen) atoms. The van der Waals surface area contributed by atoms with Gasteiger partial charge in [-0.15, -0.1) is 0 Å². The Hall–Kier alpha value is -1.84. The molecule has 0 saturated carbocycles. The third-order valence-corrected chi connectivity index (χ3v) is 2.10. The first-order chi connectivity index (χ1) is 6.68. The zero-order valence-corrected chi connectivity index (χ0v) is 8.07. The van der Waals surface area contributed by atoms with Crippen LogP contribution in [0.3, 0.4) is 0 Å². The van der Waals surface area contributed by atoms with Crippen LogP contribution >= 0.6 is 0 Å². The van der Waals surface area contributed by atoms with Crippen LogP contribution in [0.1, 0.15) is 11.4 Å². The largest absolute Gasteiger partial charge is 0.506 e. The van der Waals surface area contributed by atoms with Gasteiger partial charge in [-0.3, -0.25) is 5.10 Å². The van der Waals surface area contributed by atoms with E-state index in [1.807, 2.05) is 13.8 Å². The van der Waals surface area contributed by atoms with Gasteiger partial charge in [0, 0.05) is 17.0 Å². The third kappa shape index (κ3) is 1.35. The summed E-state index contributed by atoms with van der Waals surface area (Å²) in [4.78, 5) is 4.27. The summed E-state index contributed by atoms with van der Waals surface area (Å²) in [5.41, 5.74) is 3.19. The van der Waals surface area contributed by atoms with Crippen molar-refractivity contribution in [3.8, 4) is 17.0 Å². The molecular weight excluding hydrogens is 178 g/mol. The molecule has 0 unspecified atom stereocenters. The van der Waals surface area contributed by atoms with E-state index in [1.54, 1.807) is 18.3 Å². The van der Waals surface area contributed by atoms with Gasteiger partial charge < -0.3 is 5.11 Å². The number of aromatic nitrogens is 3. The molecule has 0 fully saturated rings. The molecule has 72 valence electrons. The van der Waals surface area contributed by atoms with E-state index in [2.05, 4.69) is 15.2 Å². The molecule has 0 bridgehead atoms. The Labute approximate surface area is 81.6 Å². The molecule has 0 amide bonds. The highest BCUT2D eigenvalue weighted by Gasteiger charge is 2.10. The van der Waals surface area contributed by atoms with Crippen molar-refractivity contribution in [2.45, 2.75) is 13.8 Å². The Morgan fingerprint density at radius 3 is 2.71 bits per heavy atom. The molecule has 2 aromatic rings. The summed E-state index contributed by atoms with van der Waals surface area (Å²) in [5.74, 6) is 0.181. The van der Waals surface area contributed by atoms with E-state index in [0.29, 0.717) is 5.69 Å². The maximum atomic E-state index is 9.63. The van der Waals surface area contributed by atoms with Gasteiger partial charge in [-0.05, 0) is 26.0 Å². The molecule has 4 nitrogen and oxygen atoms in total. The topological polar surface area (TPSA) is 61.8 Å². The number of aryl methyl sites for hydroxylation is 2. The lowest BCUT2D eigenvalue weighted by Gasteiger charge is -2.02. The van der Waals surface area contributed by atoms with Gasteiger partial charge in [0.25, 0.3) is 0 Å². The third-order valence-electron chi connectivity index (χ3n) is 2.10. The maximum Gasteiger partial charge on any atom is 0.142 e. The quantitative estimate of drug-likeness (QED) is 0.719.